The largest absolute Gasteiger partial charge is 0.456 e. The van der Waals surface area contributed by atoms with Crippen LogP contribution in [0, 0.1) is 0 Å². The molecule has 1 aromatic carbocycles. The summed E-state index contributed by atoms with van der Waals surface area (Å²) >= 11 is 2.87. The van der Waals surface area contributed by atoms with Crippen LogP contribution in [0.5, 0.6) is 0 Å². The molecule has 6 nitrogen and oxygen atoms in total. The first-order valence-corrected chi connectivity index (χ1v) is 9.84. The lowest BCUT2D eigenvalue weighted by molar-refractivity contribution is -0.149. The maximum atomic E-state index is 12.1. The van der Waals surface area contributed by atoms with Crippen LogP contribution in [0.15, 0.2) is 46.7 Å². The van der Waals surface area contributed by atoms with Crippen LogP contribution in [0.1, 0.15) is 24.3 Å². The highest BCUT2D eigenvalue weighted by Crippen LogP contribution is 2.36. The van der Waals surface area contributed by atoms with Crippen LogP contribution in [-0.4, -0.2) is 29.6 Å². The molecule has 2 N–H and O–H groups in total. The topological polar surface area (TPSA) is 84.5 Å². The summed E-state index contributed by atoms with van der Waals surface area (Å²) < 4.78 is 5.02. The van der Waals surface area contributed by atoms with Crippen LogP contribution in [0.2, 0.25) is 0 Å². The molecule has 3 rings (SSSR count). The molecule has 0 radical (unpaired) electrons. The van der Waals surface area contributed by atoms with E-state index in [1.54, 1.807) is 11.3 Å². The summed E-state index contributed by atoms with van der Waals surface area (Å²) in [6.07, 6.45) is -0.0847. The predicted octanol–water partition coefficient (Wildman–Crippen LogP) is 2.97. The second-order valence-corrected chi connectivity index (χ2v) is 7.99. The Labute approximate surface area is 159 Å². The van der Waals surface area contributed by atoms with Gasteiger partial charge in [0, 0.05) is 9.77 Å². The number of hydrogen-bond donors (Lipinski definition) is 2. The van der Waals surface area contributed by atoms with Crippen LogP contribution >= 0.6 is 23.1 Å². The third kappa shape index (κ3) is 4.64. The fourth-order valence-electron chi connectivity index (χ4n) is 2.48. The summed E-state index contributed by atoms with van der Waals surface area (Å²) in [7, 11) is 0. The van der Waals surface area contributed by atoms with E-state index in [0.29, 0.717) is 0 Å². The second kappa shape index (κ2) is 8.37. The molecule has 0 bridgehead atoms. The minimum Gasteiger partial charge on any atom is -0.456 e. The van der Waals surface area contributed by atoms with Gasteiger partial charge in [0.1, 0.15) is 0 Å². The zero-order chi connectivity index (χ0) is 18.5. The third-order valence-corrected chi connectivity index (χ3v) is 6.10. The van der Waals surface area contributed by atoms with Gasteiger partial charge in [-0.15, -0.1) is 23.1 Å². The molecule has 1 aromatic heterocycles. The van der Waals surface area contributed by atoms with Crippen LogP contribution in [0.25, 0.3) is 0 Å². The normalized spacial score (nSPS) is 17.0. The zero-order valence-electron chi connectivity index (χ0n) is 14.1. The number of anilines is 1. The Bertz CT molecular complexity index is 807. The number of thioether (sulfide) groups is 1. The number of carbonyl (C=O) groups excluding carboxylic acids is 3. The van der Waals surface area contributed by atoms with Crippen molar-refractivity contribution in [1.29, 1.82) is 0 Å². The number of esters is 1. The summed E-state index contributed by atoms with van der Waals surface area (Å²) in [5.41, 5.74) is 0.744. The summed E-state index contributed by atoms with van der Waals surface area (Å²) in [6, 6.07) is 11.1. The number of thiophene rings is 1. The molecule has 0 spiro atoms. The van der Waals surface area contributed by atoms with Crippen LogP contribution in [0.4, 0.5) is 5.69 Å². The zero-order valence-corrected chi connectivity index (χ0v) is 15.7. The Morgan fingerprint density at radius 3 is 2.85 bits per heavy atom. The van der Waals surface area contributed by atoms with Crippen molar-refractivity contribution in [1.82, 2.24) is 5.32 Å². The molecular formula is C18H18N2O4S2. The molecule has 1 aliphatic rings. The minimum absolute atomic E-state index is 0.0847. The van der Waals surface area contributed by atoms with Crippen molar-refractivity contribution in [2.45, 2.75) is 29.5 Å². The van der Waals surface area contributed by atoms with E-state index in [1.165, 1.54) is 11.8 Å². The SMILES string of the molecule is C[C@@H](NC(=O)COC(=O)C[C@H]1Sc2ccccc2NC1=O)c1cccs1. The molecule has 2 atom stereocenters. The molecule has 0 fully saturated rings. The van der Waals surface area contributed by atoms with Crippen LogP contribution in [0.3, 0.4) is 0 Å². The van der Waals surface area contributed by atoms with E-state index in [2.05, 4.69) is 10.6 Å². The molecule has 0 aliphatic carbocycles. The molecule has 1 aliphatic heterocycles. The van der Waals surface area contributed by atoms with Gasteiger partial charge in [-0.05, 0) is 30.5 Å². The van der Waals surface area contributed by atoms with Crippen molar-refractivity contribution < 1.29 is 19.1 Å². The van der Waals surface area contributed by atoms with E-state index in [4.69, 9.17) is 4.74 Å². The van der Waals surface area contributed by atoms with Crippen LogP contribution in [-0.2, 0) is 19.1 Å². The van der Waals surface area contributed by atoms with Crippen molar-refractivity contribution in [3.8, 4) is 0 Å². The molecular weight excluding hydrogens is 372 g/mol. The predicted molar refractivity (Wildman–Crippen MR) is 101 cm³/mol. The number of para-hydroxylation sites is 1. The summed E-state index contributed by atoms with van der Waals surface area (Å²) in [5, 5.41) is 6.92. The van der Waals surface area contributed by atoms with E-state index in [-0.39, 0.29) is 30.9 Å². The average molecular weight is 390 g/mol. The molecule has 0 unspecified atom stereocenters. The van der Waals surface area contributed by atoms with Crippen molar-refractivity contribution in [2.75, 3.05) is 11.9 Å². The van der Waals surface area contributed by atoms with Gasteiger partial charge in [-0.1, -0.05) is 18.2 Å². The number of hydrogen-bond acceptors (Lipinski definition) is 6. The van der Waals surface area contributed by atoms with Crippen LogP contribution < -0.4 is 10.6 Å². The third-order valence-electron chi connectivity index (χ3n) is 3.77. The molecule has 0 saturated carbocycles. The van der Waals surface area contributed by atoms with Gasteiger partial charge in [-0.3, -0.25) is 14.4 Å². The molecule has 2 heterocycles. The van der Waals surface area contributed by atoms with Gasteiger partial charge in [-0.2, -0.15) is 0 Å². The van der Waals surface area contributed by atoms with E-state index >= 15 is 0 Å². The maximum absolute atomic E-state index is 12.1. The minimum atomic E-state index is -0.573. The van der Waals surface area contributed by atoms with Crippen molar-refractivity contribution in [3.05, 3.63) is 46.7 Å². The van der Waals surface area contributed by atoms with Gasteiger partial charge in [0.2, 0.25) is 5.91 Å². The molecule has 136 valence electrons. The van der Waals surface area contributed by atoms with E-state index in [9.17, 15) is 14.4 Å². The summed E-state index contributed by atoms with van der Waals surface area (Å²) in [6.45, 7) is 1.51. The van der Waals surface area contributed by atoms with Gasteiger partial charge >= 0.3 is 5.97 Å². The number of rotatable bonds is 6. The molecule has 26 heavy (non-hydrogen) atoms. The van der Waals surface area contributed by atoms with Crippen molar-refractivity contribution in [2.24, 2.45) is 0 Å². The quantitative estimate of drug-likeness (QED) is 0.741. The average Bonchev–Trinajstić information content (AvgIpc) is 3.15. The van der Waals surface area contributed by atoms with E-state index < -0.39 is 11.2 Å². The second-order valence-electron chi connectivity index (χ2n) is 5.76. The Morgan fingerprint density at radius 1 is 1.27 bits per heavy atom. The number of ether oxygens (including phenoxy) is 1. The van der Waals surface area contributed by atoms with Crippen molar-refractivity contribution >= 4 is 46.6 Å². The van der Waals surface area contributed by atoms with Crippen molar-refractivity contribution in [3.63, 3.8) is 0 Å². The highest BCUT2D eigenvalue weighted by Gasteiger charge is 2.29. The number of fused-ring (bicyclic) bond motifs is 1. The first kappa shape index (κ1) is 18.5. The number of carbonyl (C=O) groups is 3. The molecule has 8 heteroatoms. The lowest BCUT2D eigenvalue weighted by Gasteiger charge is -2.23. The lowest BCUT2D eigenvalue weighted by Crippen LogP contribution is -2.33. The van der Waals surface area contributed by atoms with Gasteiger partial charge in [0.05, 0.1) is 23.4 Å². The standard InChI is InChI=1S/C18H18N2O4S2/c1-11(13-7-4-8-25-13)19-16(21)10-24-17(22)9-15-18(23)20-12-5-2-3-6-14(12)26-15/h2-8,11,15H,9-10H2,1H3,(H,19,21)(H,20,23)/t11-,15-/m1/s1. The number of benzene rings is 1. The first-order chi connectivity index (χ1) is 12.5. The summed E-state index contributed by atoms with van der Waals surface area (Å²) in [5.74, 6) is -1.18. The molecule has 0 saturated heterocycles. The Balaban J connectivity index is 1.45. The number of amides is 2. The van der Waals surface area contributed by atoms with Gasteiger partial charge in [0.15, 0.2) is 6.61 Å². The monoisotopic (exact) mass is 390 g/mol. The fraction of sp³-hybridized carbons (Fsp3) is 0.278. The smallest absolute Gasteiger partial charge is 0.307 e. The fourth-order valence-corrected chi connectivity index (χ4v) is 4.30. The van der Waals surface area contributed by atoms with Gasteiger partial charge in [0.25, 0.3) is 5.91 Å². The maximum Gasteiger partial charge on any atom is 0.307 e. The number of nitrogens with one attached hydrogen (secondary N) is 2. The van der Waals surface area contributed by atoms with Gasteiger partial charge < -0.3 is 15.4 Å². The summed E-state index contributed by atoms with van der Waals surface area (Å²) in [4.78, 5) is 37.9. The highest BCUT2D eigenvalue weighted by molar-refractivity contribution is 8.01. The first-order valence-electron chi connectivity index (χ1n) is 8.08. The Kier molecular flexibility index (Phi) is 5.95. The highest BCUT2D eigenvalue weighted by atomic mass is 32.2. The van der Waals surface area contributed by atoms with E-state index in [0.717, 1.165) is 15.5 Å². The van der Waals surface area contributed by atoms with Gasteiger partial charge in [-0.25, -0.2) is 0 Å². The lowest BCUT2D eigenvalue weighted by atomic mass is 10.2. The Morgan fingerprint density at radius 2 is 2.08 bits per heavy atom. The molecule has 2 aromatic rings. The molecule has 2 amide bonds. The Hall–Kier alpha value is -2.32. The van der Waals surface area contributed by atoms with E-state index in [1.807, 2.05) is 48.7 Å².